The van der Waals surface area contributed by atoms with Crippen LogP contribution in [0.1, 0.15) is 31.9 Å². The van der Waals surface area contributed by atoms with Crippen molar-refractivity contribution < 1.29 is 18.0 Å². The normalized spacial score (nSPS) is 17.0. The second-order valence-corrected chi connectivity index (χ2v) is 9.33. The summed E-state index contributed by atoms with van der Waals surface area (Å²) in [6.07, 6.45) is 0. The van der Waals surface area contributed by atoms with E-state index in [4.69, 9.17) is 0 Å². The largest absolute Gasteiger partial charge is 0.344 e. The van der Waals surface area contributed by atoms with Gasteiger partial charge in [0.05, 0.1) is 4.90 Å². The molecule has 2 amide bonds. The molecule has 1 aliphatic heterocycles. The Morgan fingerprint density at radius 3 is 2.19 bits per heavy atom. The maximum Gasteiger partial charge on any atom is 0.245 e. The molecule has 2 rings (SSSR count). The molecule has 1 atom stereocenters. The zero-order valence-corrected chi connectivity index (χ0v) is 17.5. The number of sulfonamides is 1. The lowest BCUT2D eigenvalue weighted by Gasteiger charge is -2.36. The Hall–Kier alpha value is -1.93. The molecule has 0 radical (unpaired) electrons. The number of benzene rings is 1. The van der Waals surface area contributed by atoms with Gasteiger partial charge in [-0.15, -0.1) is 0 Å². The molecule has 8 heteroatoms. The van der Waals surface area contributed by atoms with Crippen LogP contribution in [-0.2, 0) is 19.6 Å². The highest BCUT2D eigenvalue weighted by Crippen LogP contribution is 2.22. The Morgan fingerprint density at radius 1 is 1.07 bits per heavy atom. The number of hydrogen-bond acceptors (Lipinski definition) is 4. The van der Waals surface area contributed by atoms with Gasteiger partial charge in [-0.1, -0.05) is 26.0 Å². The van der Waals surface area contributed by atoms with E-state index in [1.807, 2.05) is 32.9 Å². The lowest BCUT2D eigenvalue weighted by atomic mass is 10.0. The SMILES string of the molecule is CC(=O)N[C@@H](C(=O)N1CCN(S(=O)(=O)c2cc(C)ccc2C)CC1)C(C)C. The fourth-order valence-corrected chi connectivity index (χ4v) is 4.93. The molecule has 1 heterocycles. The predicted octanol–water partition coefficient (Wildman–Crippen LogP) is 1.30. The first-order chi connectivity index (χ1) is 12.5. The first kappa shape index (κ1) is 21.4. The number of carbonyl (C=O) groups is 2. The zero-order valence-electron chi connectivity index (χ0n) is 16.7. The van der Waals surface area contributed by atoms with Crippen molar-refractivity contribution in [3.8, 4) is 0 Å². The molecular weight excluding hydrogens is 366 g/mol. The monoisotopic (exact) mass is 395 g/mol. The van der Waals surface area contributed by atoms with Crippen LogP contribution in [0.5, 0.6) is 0 Å². The van der Waals surface area contributed by atoms with Gasteiger partial charge in [-0.2, -0.15) is 4.31 Å². The minimum absolute atomic E-state index is 0.0434. The van der Waals surface area contributed by atoms with Crippen LogP contribution in [-0.4, -0.2) is 61.7 Å². The molecular formula is C19H29N3O4S. The molecule has 1 saturated heterocycles. The summed E-state index contributed by atoms with van der Waals surface area (Å²) in [6.45, 7) is 9.89. The molecule has 1 fully saturated rings. The molecule has 0 bridgehead atoms. The molecule has 0 saturated carbocycles. The van der Waals surface area contributed by atoms with Crippen molar-refractivity contribution in [1.29, 1.82) is 0 Å². The fraction of sp³-hybridized carbons (Fsp3) is 0.579. The van der Waals surface area contributed by atoms with E-state index in [1.54, 1.807) is 17.9 Å². The smallest absolute Gasteiger partial charge is 0.245 e. The number of hydrogen-bond donors (Lipinski definition) is 1. The lowest BCUT2D eigenvalue weighted by Crippen LogP contribution is -2.56. The van der Waals surface area contributed by atoms with Crippen molar-refractivity contribution in [1.82, 2.24) is 14.5 Å². The van der Waals surface area contributed by atoms with Crippen LogP contribution >= 0.6 is 0 Å². The van der Waals surface area contributed by atoms with E-state index in [-0.39, 0.29) is 30.8 Å². The molecule has 0 spiro atoms. The van der Waals surface area contributed by atoms with E-state index < -0.39 is 16.1 Å². The summed E-state index contributed by atoms with van der Waals surface area (Å²) in [6, 6.07) is 4.79. The summed E-state index contributed by atoms with van der Waals surface area (Å²) in [7, 11) is -3.59. The molecule has 150 valence electrons. The number of nitrogens with zero attached hydrogens (tertiary/aromatic N) is 2. The lowest BCUT2D eigenvalue weighted by molar-refractivity contribution is -0.138. The number of carbonyl (C=O) groups excluding carboxylic acids is 2. The van der Waals surface area contributed by atoms with E-state index >= 15 is 0 Å². The summed E-state index contributed by atoms with van der Waals surface area (Å²) >= 11 is 0. The second-order valence-electron chi connectivity index (χ2n) is 7.42. The summed E-state index contributed by atoms with van der Waals surface area (Å²) < 4.78 is 27.4. The van der Waals surface area contributed by atoms with Crippen molar-refractivity contribution in [2.45, 2.75) is 45.6 Å². The fourth-order valence-electron chi connectivity index (χ4n) is 3.20. The van der Waals surface area contributed by atoms with Gasteiger partial charge in [-0.25, -0.2) is 8.42 Å². The van der Waals surface area contributed by atoms with Crippen molar-refractivity contribution in [3.05, 3.63) is 29.3 Å². The minimum atomic E-state index is -3.59. The van der Waals surface area contributed by atoms with E-state index in [0.717, 1.165) is 5.56 Å². The summed E-state index contributed by atoms with van der Waals surface area (Å²) in [5, 5.41) is 2.70. The molecule has 0 aliphatic carbocycles. The van der Waals surface area contributed by atoms with Crippen molar-refractivity contribution in [2.75, 3.05) is 26.2 Å². The van der Waals surface area contributed by atoms with Gasteiger partial charge in [0.25, 0.3) is 0 Å². The van der Waals surface area contributed by atoms with Gasteiger partial charge >= 0.3 is 0 Å². The van der Waals surface area contributed by atoms with Crippen LogP contribution in [0.2, 0.25) is 0 Å². The van der Waals surface area contributed by atoms with Crippen LogP contribution in [0.15, 0.2) is 23.1 Å². The van der Waals surface area contributed by atoms with Crippen molar-refractivity contribution >= 4 is 21.8 Å². The Labute approximate surface area is 161 Å². The van der Waals surface area contributed by atoms with Gasteiger partial charge in [0, 0.05) is 33.1 Å². The zero-order chi connectivity index (χ0) is 20.4. The molecule has 1 N–H and O–H groups in total. The number of rotatable bonds is 5. The molecule has 7 nitrogen and oxygen atoms in total. The van der Waals surface area contributed by atoms with E-state index in [0.29, 0.717) is 23.5 Å². The minimum Gasteiger partial charge on any atom is -0.344 e. The van der Waals surface area contributed by atoms with E-state index in [2.05, 4.69) is 5.32 Å². The maximum absolute atomic E-state index is 13.0. The van der Waals surface area contributed by atoms with Gasteiger partial charge in [0.1, 0.15) is 6.04 Å². The topological polar surface area (TPSA) is 86.8 Å². The third-order valence-corrected chi connectivity index (χ3v) is 6.84. The molecule has 0 unspecified atom stereocenters. The van der Waals surface area contributed by atoms with Crippen molar-refractivity contribution in [2.24, 2.45) is 5.92 Å². The Balaban J connectivity index is 2.11. The van der Waals surface area contributed by atoms with Gasteiger partial charge in [-0.05, 0) is 37.0 Å². The molecule has 1 aliphatic rings. The summed E-state index contributed by atoms with van der Waals surface area (Å²) in [5.41, 5.74) is 1.60. The predicted molar refractivity (Wildman–Crippen MR) is 104 cm³/mol. The third-order valence-electron chi connectivity index (χ3n) is 4.80. The summed E-state index contributed by atoms with van der Waals surface area (Å²) in [5.74, 6) is -0.458. The number of aryl methyl sites for hydroxylation is 2. The Morgan fingerprint density at radius 2 is 1.67 bits per heavy atom. The Kier molecular flexibility index (Phi) is 6.64. The van der Waals surface area contributed by atoms with Crippen LogP contribution in [0.3, 0.4) is 0 Å². The Bertz CT molecular complexity index is 812. The van der Waals surface area contributed by atoms with Crippen LogP contribution in [0, 0.1) is 19.8 Å². The van der Waals surface area contributed by atoms with E-state index in [1.165, 1.54) is 11.2 Å². The highest BCUT2D eigenvalue weighted by atomic mass is 32.2. The number of piperazine rings is 1. The number of amides is 2. The molecule has 0 aromatic heterocycles. The van der Waals surface area contributed by atoms with Gasteiger partial charge in [-0.3, -0.25) is 9.59 Å². The third kappa shape index (κ3) is 4.87. The highest BCUT2D eigenvalue weighted by molar-refractivity contribution is 7.89. The summed E-state index contributed by atoms with van der Waals surface area (Å²) in [4.78, 5) is 26.1. The standard InChI is InChI=1S/C19H29N3O4S/c1-13(2)18(20-16(5)23)19(24)21-8-10-22(11-9-21)27(25,26)17-12-14(3)6-7-15(17)4/h6-7,12-13,18H,8-11H2,1-5H3,(H,20,23)/t18-/m1/s1. The van der Waals surface area contributed by atoms with Crippen LogP contribution in [0.25, 0.3) is 0 Å². The average molecular weight is 396 g/mol. The van der Waals surface area contributed by atoms with Crippen LogP contribution < -0.4 is 5.32 Å². The second kappa shape index (κ2) is 8.39. The molecule has 27 heavy (non-hydrogen) atoms. The first-order valence-electron chi connectivity index (χ1n) is 9.17. The first-order valence-corrected chi connectivity index (χ1v) is 10.6. The maximum atomic E-state index is 13.0. The molecule has 1 aromatic carbocycles. The van der Waals surface area contributed by atoms with Gasteiger partial charge in [0.15, 0.2) is 0 Å². The van der Waals surface area contributed by atoms with E-state index in [9.17, 15) is 18.0 Å². The quantitative estimate of drug-likeness (QED) is 0.814. The van der Waals surface area contributed by atoms with Gasteiger partial charge < -0.3 is 10.2 Å². The van der Waals surface area contributed by atoms with Crippen LogP contribution in [0.4, 0.5) is 0 Å². The average Bonchev–Trinajstić information content (AvgIpc) is 2.60. The van der Waals surface area contributed by atoms with Gasteiger partial charge in [0.2, 0.25) is 21.8 Å². The highest BCUT2D eigenvalue weighted by Gasteiger charge is 2.34. The van der Waals surface area contributed by atoms with Crippen molar-refractivity contribution in [3.63, 3.8) is 0 Å². The number of nitrogens with one attached hydrogen (secondary N) is 1. The molecule has 1 aromatic rings.